The monoisotopic (exact) mass is 253 g/mol. The second-order valence-electron chi connectivity index (χ2n) is 3.82. The lowest BCUT2D eigenvalue weighted by atomic mass is 10.2. The van der Waals surface area contributed by atoms with Crippen molar-refractivity contribution < 1.29 is 10.3 Å². The molecule has 7 heteroatoms. The molecule has 0 spiro atoms. The van der Waals surface area contributed by atoms with E-state index in [2.05, 4.69) is 22.3 Å². The van der Waals surface area contributed by atoms with Crippen LogP contribution < -0.4 is 10.6 Å². The SMILES string of the molecule is CCCCN(CCO)c1nnccc1/C(N)=N/O. The van der Waals surface area contributed by atoms with Crippen LogP contribution in [0.25, 0.3) is 0 Å². The molecule has 1 aromatic heterocycles. The summed E-state index contributed by atoms with van der Waals surface area (Å²) >= 11 is 0. The van der Waals surface area contributed by atoms with Gasteiger partial charge in [-0.05, 0) is 12.5 Å². The molecule has 0 radical (unpaired) electrons. The van der Waals surface area contributed by atoms with Crippen molar-refractivity contribution in [3.05, 3.63) is 17.8 Å². The van der Waals surface area contributed by atoms with Crippen LogP contribution >= 0.6 is 0 Å². The Labute approximate surface area is 106 Å². The third kappa shape index (κ3) is 3.56. The second kappa shape index (κ2) is 7.44. The summed E-state index contributed by atoms with van der Waals surface area (Å²) in [6.07, 6.45) is 3.47. The van der Waals surface area contributed by atoms with Crippen LogP contribution in [0, 0.1) is 0 Å². The number of unbranched alkanes of at least 4 members (excludes halogenated alkanes) is 1. The quantitative estimate of drug-likeness (QED) is 0.277. The fourth-order valence-electron chi connectivity index (χ4n) is 1.60. The first kappa shape index (κ1) is 14.2. The van der Waals surface area contributed by atoms with E-state index in [0.717, 1.165) is 19.4 Å². The summed E-state index contributed by atoms with van der Waals surface area (Å²) in [5.74, 6) is 0.509. The normalized spacial score (nSPS) is 11.6. The number of anilines is 1. The van der Waals surface area contributed by atoms with Crippen LogP contribution in [0.15, 0.2) is 17.4 Å². The Morgan fingerprint density at radius 1 is 1.50 bits per heavy atom. The number of aromatic nitrogens is 2. The van der Waals surface area contributed by atoms with Gasteiger partial charge in [-0.25, -0.2) is 0 Å². The molecular formula is C11H19N5O2. The van der Waals surface area contributed by atoms with E-state index in [1.54, 1.807) is 6.07 Å². The van der Waals surface area contributed by atoms with Gasteiger partial charge in [0, 0.05) is 13.1 Å². The highest BCUT2D eigenvalue weighted by atomic mass is 16.4. The largest absolute Gasteiger partial charge is 0.409 e. The Morgan fingerprint density at radius 3 is 2.89 bits per heavy atom. The smallest absolute Gasteiger partial charge is 0.173 e. The van der Waals surface area contributed by atoms with Crippen LogP contribution in [-0.4, -0.2) is 46.0 Å². The average molecular weight is 253 g/mol. The van der Waals surface area contributed by atoms with E-state index < -0.39 is 0 Å². The van der Waals surface area contributed by atoms with E-state index in [-0.39, 0.29) is 12.4 Å². The van der Waals surface area contributed by atoms with Crippen LogP contribution in [0.1, 0.15) is 25.3 Å². The zero-order valence-electron chi connectivity index (χ0n) is 10.5. The molecule has 1 aromatic rings. The third-order valence-corrected chi connectivity index (χ3v) is 2.54. The standard InChI is InChI=1S/C11H19N5O2/c1-2-3-6-16(7-8-17)11-9(10(12)15-18)4-5-13-14-11/h4-5,17-18H,2-3,6-8H2,1H3,(H2,12,15). The first-order valence-corrected chi connectivity index (χ1v) is 5.90. The zero-order chi connectivity index (χ0) is 13.4. The summed E-state index contributed by atoms with van der Waals surface area (Å²) in [7, 11) is 0. The Balaban J connectivity index is 3.02. The van der Waals surface area contributed by atoms with Crippen molar-refractivity contribution in [1.82, 2.24) is 10.2 Å². The van der Waals surface area contributed by atoms with Crippen molar-refractivity contribution >= 4 is 11.7 Å². The molecule has 0 aliphatic rings. The molecule has 0 aliphatic heterocycles. The van der Waals surface area contributed by atoms with Crippen LogP contribution in [0.5, 0.6) is 0 Å². The Hall–Kier alpha value is -1.89. The fourth-order valence-corrected chi connectivity index (χ4v) is 1.60. The topological polar surface area (TPSA) is 108 Å². The van der Waals surface area contributed by atoms with Gasteiger partial charge in [0.1, 0.15) is 0 Å². The van der Waals surface area contributed by atoms with Gasteiger partial charge >= 0.3 is 0 Å². The van der Waals surface area contributed by atoms with Crippen molar-refractivity contribution in [1.29, 1.82) is 0 Å². The fraction of sp³-hybridized carbons (Fsp3) is 0.545. The number of oxime groups is 1. The maximum Gasteiger partial charge on any atom is 0.173 e. The Morgan fingerprint density at radius 2 is 2.28 bits per heavy atom. The van der Waals surface area contributed by atoms with Crippen LogP contribution in [0.2, 0.25) is 0 Å². The molecule has 0 amide bonds. The van der Waals surface area contributed by atoms with Crippen LogP contribution in [0.3, 0.4) is 0 Å². The van der Waals surface area contributed by atoms with E-state index in [0.29, 0.717) is 17.9 Å². The highest BCUT2D eigenvalue weighted by molar-refractivity contribution is 6.01. The molecule has 0 aromatic carbocycles. The highest BCUT2D eigenvalue weighted by Crippen LogP contribution is 2.16. The van der Waals surface area contributed by atoms with Crippen molar-refractivity contribution in [3.63, 3.8) is 0 Å². The molecule has 4 N–H and O–H groups in total. The van der Waals surface area contributed by atoms with E-state index >= 15 is 0 Å². The summed E-state index contributed by atoms with van der Waals surface area (Å²) in [6.45, 7) is 3.26. The summed E-state index contributed by atoms with van der Waals surface area (Å²) < 4.78 is 0. The Kier molecular flexibility index (Phi) is 5.86. The maximum absolute atomic E-state index is 9.08. The van der Waals surface area contributed by atoms with E-state index in [4.69, 9.17) is 16.0 Å². The summed E-state index contributed by atoms with van der Waals surface area (Å²) in [5.41, 5.74) is 6.11. The lowest BCUT2D eigenvalue weighted by molar-refractivity contribution is 0.301. The lowest BCUT2D eigenvalue weighted by Gasteiger charge is -2.23. The van der Waals surface area contributed by atoms with Gasteiger partial charge < -0.3 is 20.9 Å². The number of nitrogens with two attached hydrogens (primary N) is 1. The van der Waals surface area contributed by atoms with Gasteiger partial charge in [-0.2, -0.15) is 5.10 Å². The molecule has 0 saturated heterocycles. The first-order chi connectivity index (χ1) is 8.74. The highest BCUT2D eigenvalue weighted by Gasteiger charge is 2.15. The molecule has 0 bridgehead atoms. The van der Waals surface area contributed by atoms with Gasteiger partial charge in [0.25, 0.3) is 0 Å². The maximum atomic E-state index is 9.08. The minimum atomic E-state index is -0.0145. The summed E-state index contributed by atoms with van der Waals surface area (Å²) in [6, 6.07) is 1.63. The first-order valence-electron chi connectivity index (χ1n) is 5.90. The van der Waals surface area contributed by atoms with Crippen LogP contribution in [-0.2, 0) is 0 Å². The van der Waals surface area contributed by atoms with E-state index in [9.17, 15) is 0 Å². The lowest BCUT2D eigenvalue weighted by Crippen LogP contribution is -2.31. The predicted molar refractivity (Wildman–Crippen MR) is 68.7 cm³/mol. The van der Waals surface area contributed by atoms with Gasteiger partial charge in [0.05, 0.1) is 18.4 Å². The number of aliphatic hydroxyl groups is 1. The average Bonchev–Trinajstić information content (AvgIpc) is 2.42. The van der Waals surface area contributed by atoms with Gasteiger partial charge in [0.2, 0.25) is 0 Å². The van der Waals surface area contributed by atoms with Crippen molar-refractivity contribution in [3.8, 4) is 0 Å². The number of amidine groups is 1. The van der Waals surface area contributed by atoms with Crippen molar-refractivity contribution in [2.75, 3.05) is 24.6 Å². The molecule has 0 unspecified atom stereocenters. The van der Waals surface area contributed by atoms with E-state index in [1.165, 1.54) is 6.20 Å². The number of hydrogen-bond donors (Lipinski definition) is 3. The zero-order valence-corrected chi connectivity index (χ0v) is 10.5. The summed E-state index contributed by atoms with van der Waals surface area (Å²) in [5, 5.41) is 28.6. The third-order valence-electron chi connectivity index (χ3n) is 2.54. The molecule has 18 heavy (non-hydrogen) atoms. The van der Waals surface area contributed by atoms with Gasteiger partial charge in [-0.15, -0.1) is 5.10 Å². The summed E-state index contributed by atoms with van der Waals surface area (Å²) in [4.78, 5) is 1.88. The van der Waals surface area contributed by atoms with Crippen molar-refractivity contribution in [2.24, 2.45) is 10.9 Å². The predicted octanol–water partition coefficient (Wildman–Crippen LogP) is 0.170. The molecule has 0 saturated carbocycles. The molecule has 0 atom stereocenters. The number of rotatable bonds is 7. The molecular weight excluding hydrogens is 234 g/mol. The molecule has 0 fully saturated rings. The molecule has 100 valence electrons. The van der Waals surface area contributed by atoms with Gasteiger partial charge in [-0.3, -0.25) is 0 Å². The minimum absolute atomic E-state index is 0.00982. The second-order valence-corrected chi connectivity index (χ2v) is 3.82. The Bertz CT molecular complexity index is 397. The number of hydrogen-bond acceptors (Lipinski definition) is 6. The minimum Gasteiger partial charge on any atom is -0.409 e. The molecule has 0 aliphatic carbocycles. The van der Waals surface area contributed by atoms with Crippen LogP contribution in [0.4, 0.5) is 5.82 Å². The number of nitrogens with zero attached hydrogens (tertiary/aromatic N) is 4. The van der Waals surface area contributed by atoms with Gasteiger partial charge in [0.15, 0.2) is 11.7 Å². The van der Waals surface area contributed by atoms with Gasteiger partial charge in [-0.1, -0.05) is 18.5 Å². The molecule has 1 heterocycles. The molecule has 1 rings (SSSR count). The number of aliphatic hydroxyl groups excluding tert-OH is 1. The van der Waals surface area contributed by atoms with E-state index in [1.807, 2.05) is 4.90 Å². The molecule has 7 nitrogen and oxygen atoms in total. The van der Waals surface area contributed by atoms with Crippen molar-refractivity contribution in [2.45, 2.75) is 19.8 Å².